The van der Waals surface area contributed by atoms with E-state index in [0.29, 0.717) is 11.1 Å². The number of pyridine rings is 1. The lowest BCUT2D eigenvalue weighted by molar-refractivity contribution is -0.166. The van der Waals surface area contributed by atoms with Crippen molar-refractivity contribution in [1.29, 1.82) is 0 Å². The number of nitrogens with zero attached hydrogens (tertiary/aromatic N) is 1. The number of ether oxygens (including phenoxy) is 2. The maximum atomic E-state index is 11.8. The molecule has 0 saturated carbocycles. The van der Waals surface area contributed by atoms with Crippen molar-refractivity contribution < 1.29 is 24.2 Å². The van der Waals surface area contributed by atoms with Crippen LogP contribution >= 0.6 is 11.6 Å². The Labute approximate surface area is 114 Å². The molecule has 102 valence electrons. The predicted molar refractivity (Wildman–Crippen MR) is 65.3 cm³/mol. The number of esters is 1. The van der Waals surface area contributed by atoms with E-state index in [0.717, 1.165) is 7.11 Å². The number of carboxylic acids is 1. The van der Waals surface area contributed by atoms with Crippen LogP contribution < -0.4 is 4.74 Å². The molecule has 1 aromatic heterocycles. The molecule has 0 amide bonds. The summed E-state index contributed by atoms with van der Waals surface area (Å²) in [6, 6.07) is 1.59. The van der Waals surface area contributed by atoms with Gasteiger partial charge in [0.2, 0.25) is 5.88 Å². The van der Waals surface area contributed by atoms with Crippen molar-refractivity contribution in [1.82, 2.24) is 4.98 Å². The number of rotatable bonds is 3. The van der Waals surface area contributed by atoms with Crippen LogP contribution in [-0.4, -0.2) is 36.2 Å². The Bertz CT molecular complexity index is 559. The molecular formula is C12H12ClNO5. The summed E-state index contributed by atoms with van der Waals surface area (Å²) in [4.78, 5) is 27.2. The van der Waals surface area contributed by atoms with Crippen molar-refractivity contribution in [2.24, 2.45) is 5.41 Å². The van der Waals surface area contributed by atoms with Crippen LogP contribution in [0.5, 0.6) is 5.88 Å². The molecule has 0 aliphatic heterocycles. The number of carboxylic acid groups (broad SMARTS) is 1. The molecule has 0 radical (unpaired) electrons. The van der Waals surface area contributed by atoms with Crippen LogP contribution in [0.3, 0.4) is 0 Å². The van der Waals surface area contributed by atoms with Crippen LogP contribution in [-0.2, 0) is 27.2 Å². The summed E-state index contributed by atoms with van der Waals surface area (Å²) >= 11 is 6.00. The average molecular weight is 286 g/mol. The second-order valence-electron chi connectivity index (χ2n) is 4.33. The molecule has 1 aliphatic carbocycles. The third-order valence-electron chi connectivity index (χ3n) is 3.31. The first-order valence-corrected chi connectivity index (χ1v) is 5.86. The van der Waals surface area contributed by atoms with Crippen molar-refractivity contribution in [3.63, 3.8) is 0 Å². The molecule has 0 spiro atoms. The summed E-state index contributed by atoms with van der Waals surface area (Å²) in [7, 11) is 2.60. The van der Waals surface area contributed by atoms with Crippen LogP contribution in [0.15, 0.2) is 6.07 Å². The number of methoxy groups -OCH3 is 2. The molecule has 0 aromatic carbocycles. The highest BCUT2D eigenvalue weighted by atomic mass is 35.5. The molecule has 0 fully saturated rings. The summed E-state index contributed by atoms with van der Waals surface area (Å²) in [6.45, 7) is 0. The fourth-order valence-corrected chi connectivity index (χ4v) is 2.55. The maximum absolute atomic E-state index is 11.8. The summed E-state index contributed by atoms with van der Waals surface area (Å²) in [5.41, 5.74) is -0.436. The number of aromatic nitrogens is 1. The molecule has 1 aliphatic rings. The molecule has 1 unspecified atom stereocenters. The molecule has 0 bridgehead atoms. The molecule has 6 nitrogen and oxygen atoms in total. The van der Waals surface area contributed by atoms with Crippen LogP contribution in [0, 0.1) is 5.41 Å². The van der Waals surface area contributed by atoms with Gasteiger partial charge in [-0.25, -0.2) is 4.98 Å². The highest BCUT2D eigenvalue weighted by Crippen LogP contribution is 2.42. The lowest BCUT2D eigenvalue weighted by Crippen LogP contribution is -2.41. The molecule has 1 N–H and O–H groups in total. The normalized spacial score (nSPS) is 20.8. The van der Waals surface area contributed by atoms with E-state index < -0.39 is 17.4 Å². The standard InChI is InChI=1S/C12H12ClNO5/c1-18-8-3-6-4-12(10(15)16,11(17)19-2)5-7(6)9(13)14-8/h3H,4-5H2,1-2H3,(H,15,16). The fraction of sp³-hybridized carbons (Fsp3) is 0.417. The molecule has 1 atom stereocenters. The topological polar surface area (TPSA) is 85.7 Å². The number of fused-ring (bicyclic) bond motifs is 1. The van der Waals surface area contributed by atoms with Crippen molar-refractivity contribution in [3.05, 3.63) is 22.3 Å². The number of halogens is 1. The van der Waals surface area contributed by atoms with E-state index in [-0.39, 0.29) is 23.9 Å². The van der Waals surface area contributed by atoms with Gasteiger partial charge in [0.1, 0.15) is 5.15 Å². The molecule has 7 heteroatoms. The largest absolute Gasteiger partial charge is 0.481 e. The van der Waals surface area contributed by atoms with E-state index in [9.17, 15) is 14.7 Å². The second kappa shape index (κ2) is 4.70. The van der Waals surface area contributed by atoms with Gasteiger partial charge in [0.05, 0.1) is 14.2 Å². The Hall–Kier alpha value is -1.82. The average Bonchev–Trinajstić information content (AvgIpc) is 2.79. The summed E-state index contributed by atoms with van der Waals surface area (Å²) in [5.74, 6) is -1.73. The van der Waals surface area contributed by atoms with Gasteiger partial charge < -0.3 is 14.6 Å². The zero-order valence-electron chi connectivity index (χ0n) is 10.4. The zero-order valence-corrected chi connectivity index (χ0v) is 11.2. The first-order valence-electron chi connectivity index (χ1n) is 5.48. The van der Waals surface area contributed by atoms with E-state index in [4.69, 9.17) is 16.3 Å². The maximum Gasteiger partial charge on any atom is 0.323 e. The number of carbonyl (C=O) groups is 2. The number of aliphatic carboxylic acids is 1. The second-order valence-corrected chi connectivity index (χ2v) is 4.68. The lowest BCUT2D eigenvalue weighted by Gasteiger charge is -2.20. The van der Waals surface area contributed by atoms with Gasteiger partial charge in [-0.15, -0.1) is 0 Å². The quantitative estimate of drug-likeness (QED) is 0.508. The van der Waals surface area contributed by atoms with Gasteiger partial charge in [-0.1, -0.05) is 11.6 Å². The van der Waals surface area contributed by atoms with Crippen molar-refractivity contribution in [3.8, 4) is 5.88 Å². The smallest absolute Gasteiger partial charge is 0.323 e. The Morgan fingerprint density at radius 2 is 2.11 bits per heavy atom. The Kier molecular flexibility index (Phi) is 3.36. The van der Waals surface area contributed by atoms with Crippen molar-refractivity contribution >= 4 is 23.5 Å². The minimum absolute atomic E-state index is 0.0168. The van der Waals surface area contributed by atoms with Gasteiger partial charge in [-0.3, -0.25) is 9.59 Å². The summed E-state index contributed by atoms with van der Waals surface area (Å²) < 4.78 is 9.59. The predicted octanol–water partition coefficient (Wildman–Crippen LogP) is 1.09. The zero-order chi connectivity index (χ0) is 14.2. The van der Waals surface area contributed by atoms with Crippen LogP contribution in [0.4, 0.5) is 0 Å². The molecule has 0 saturated heterocycles. The van der Waals surface area contributed by atoms with E-state index in [1.807, 2.05) is 0 Å². The van der Waals surface area contributed by atoms with Gasteiger partial charge in [-0.2, -0.15) is 0 Å². The molecular weight excluding hydrogens is 274 g/mol. The summed E-state index contributed by atoms with van der Waals surface area (Å²) in [6.07, 6.45) is -0.0108. The SMILES string of the molecule is COC(=O)C1(C(=O)O)Cc2cc(OC)nc(Cl)c2C1. The monoisotopic (exact) mass is 285 g/mol. The van der Waals surface area contributed by atoms with Gasteiger partial charge in [0.15, 0.2) is 5.41 Å². The molecule has 1 heterocycles. The van der Waals surface area contributed by atoms with E-state index in [1.54, 1.807) is 6.07 Å². The van der Waals surface area contributed by atoms with Gasteiger partial charge in [-0.05, 0) is 11.1 Å². The van der Waals surface area contributed by atoms with Crippen LogP contribution in [0.25, 0.3) is 0 Å². The summed E-state index contributed by atoms with van der Waals surface area (Å²) in [5, 5.41) is 9.51. The number of hydrogen-bond acceptors (Lipinski definition) is 5. The highest BCUT2D eigenvalue weighted by Gasteiger charge is 2.52. The van der Waals surface area contributed by atoms with Crippen LogP contribution in [0.1, 0.15) is 11.1 Å². The van der Waals surface area contributed by atoms with Crippen molar-refractivity contribution in [2.45, 2.75) is 12.8 Å². The Morgan fingerprint density at radius 3 is 2.63 bits per heavy atom. The first kappa shape index (κ1) is 13.6. The minimum atomic E-state index is -1.63. The highest BCUT2D eigenvalue weighted by molar-refractivity contribution is 6.30. The molecule has 19 heavy (non-hydrogen) atoms. The molecule has 2 rings (SSSR count). The van der Waals surface area contributed by atoms with Crippen LogP contribution in [0.2, 0.25) is 5.15 Å². The molecule has 1 aromatic rings. The Balaban J connectivity index is 2.50. The lowest BCUT2D eigenvalue weighted by atomic mass is 9.85. The first-order chi connectivity index (χ1) is 8.94. The van der Waals surface area contributed by atoms with E-state index in [1.165, 1.54) is 7.11 Å². The Morgan fingerprint density at radius 1 is 1.42 bits per heavy atom. The van der Waals surface area contributed by atoms with Crippen molar-refractivity contribution in [2.75, 3.05) is 14.2 Å². The van der Waals surface area contributed by atoms with Gasteiger partial charge in [0, 0.05) is 18.9 Å². The third kappa shape index (κ3) is 2.02. The number of carbonyl (C=O) groups excluding carboxylic acids is 1. The van der Waals surface area contributed by atoms with E-state index in [2.05, 4.69) is 9.72 Å². The van der Waals surface area contributed by atoms with Gasteiger partial charge in [0.25, 0.3) is 0 Å². The van der Waals surface area contributed by atoms with Gasteiger partial charge >= 0.3 is 11.9 Å². The third-order valence-corrected chi connectivity index (χ3v) is 3.62. The fourth-order valence-electron chi connectivity index (χ4n) is 2.28. The van der Waals surface area contributed by atoms with E-state index >= 15 is 0 Å². The minimum Gasteiger partial charge on any atom is -0.481 e. The number of hydrogen-bond donors (Lipinski definition) is 1.